The van der Waals surface area contributed by atoms with E-state index in [-0.39, 0.29) is 0 Å². The normalized spacial score (nSPS) is 15.4. The van der Waals surface area contributed by atoms with Crippen LogP contribution in [0, 0.1) is 6.92 Å². The van der Waals surface area contributed by atoms with Crippen LogP contribution in [-0.4, -0.2) is 19.0 Å². The van der Waals surface area contributed by atoms with Crippen molar-refractivity contribution in [3.8, 4) is 5.75 Å². The van der Waals surface area contributed by atoms with Crippen molar-refractivity contribution in [3.63, 3.8) is 0 Å². The van der Waals surface area contributed by atoms with Gasteiger partial charge in [-0.15, -0.1) is 0 Å². The van der Waals surface area contributed by atoms with Gasteiger partial charge in [-0.25, -0.2) is 9.79 Å². The maximum Gasteiger partial charge on any atom is 0.363 e. The molecule has 0 unspecified atom stereocenters. The number of ether oxygens (including phenoxy) is 2. The van der Waals surface area contributed by atoms with Crippen LogP contribution in [0.2, 0.25) is 0 Å². The number of methoxy groups -OCH3 is 1. The number of hydrogen-bond donors (Lipinski definition) is 0. The fraction of sp³-hybridized carbons (Fsp3) is 0.200. The number of nitrogens with zero attached hydrogens (tertiary/aromatic N) is 1. The first-order chi connectivity index (χ1) is 11.6. The lowest BCUT2D eigenvalue weighted by Gasteiger charge is -2.07. The average Bonchev–Trinajstić information content (AvgIpc) is 2.95. The first-order valence-corrected chi connectivity index (χ1v) is 7.87. The van der Waals surface area contributed by atoms with E-state index >= 15 is 0 Å². The van der Waals surface area contributed by atoms with E-state index in [0.29, 0.717) is 11.6 Å². The minimum atomic E-state index is -0.430. The number of carbonyl (C=O) groups is 1. The Kier molecular flexibility index (Phi) is 4.47. The molecule has 0 bridgehead atoms. The number of aliphatic imine (C=N–C) groups is 1. The summed E-state index contributed by atoms with van der Waals surface area (Å²) in [6.45, 7) is 4.05. The molecule has 0 amide bonds. The topological polar surface area (TPSA) is 47.9 Å². The van der Waals surface area contributed by atoms with Crippen molar-refractivity contribution in [2.45, 2.75) is 20.3 Å². The smallest absolute Gasteiger partial charge is 0.363 e. The molecule has 24 heavy (non-hydrogen) atoms. The molecule has 3 rings (SSSR count). The third-order valence-corrected chi connectivity index (χ3v) is 3.87. The third-order valence-electron chi connectivity index (χ3n) is 3.87. The number of aryl methyl sites for hydroxylation is 2. The van der Waals surface area contributed by atoms with Gasteiger partial charge in [-0.3, -0.25) is 0 Å². The van der Waals surface area contributed by atoms with Gasteiger partial charge in [-0.1, -0.05) is 30.7 Å². The molecule has 1 heterocycles. The summed E-state index contributed by atoms with van der Waals surface area (Å²) in [6.07, 6.45) is 2.59. The summed E-state index contributed by atoms with van der Waals surface area (Å²) in [5.74, 6) is 0.761. The SMILES string of the molecule is CCc1cc(/C=C2/N=C(c3cccc(C)c3)OC2=O)ccc1OC. The van der Waals surface area contributed by atoms with Gasteiger partial charge in [0.15, 0.2) is 5.70 Å². The summed E-state index contributed by atoms with van der Waals surface area (Å²) in [6, 6.07) is 13.5. The summed E-state index contributed by atoms with van der Waals surface area (Å²) in [4.78, 5) is 16.4. The van der Waals surface area contributed by atoms with E-state index in [1.54, 1.807) is 13.2 Å². The Hall–Kier alpha value is -2.88. The molecule has 122 valence electrons. The number of benzene rings is 2. The predicted octanol–water partition coefficient (Wildman–Crippen LogP) is 3.91. The second-order valence-corrected chi connectivity index (χ2v) is 5.63. The molecule has 4 heteroatoms. The lowest BCUT2D eigenvalue weighted by Crippen LogP contribution is -2.05. The Labute approximate surface area is 141 Å². The molecule has 4 nitrogen and oxygen atoms in total. The Morgan fingerprint density at radius 3 is 2.75 bits per heavy atom. The van der Waals surface area contributed by atoms with Crippen LogP contribution in [0.3, 0.4) is 0 Å². The molecule has 0 radical (unpaired) electrons. The highest BCUT2D eigenvalue weighted by Crippen LogP contribution is 2.24. The minimum absolute atomic E-state index is 0.304. The quantitative estimate of drug-likeness (QED) is 0.633. The standard InChI is InChI=1S/C20H19NO3/c1-4-15-11-14(8-9-18(15)23-3)12-17-20(22)24-19(21-17)16-7-5-6-13(2)10-16/h5-12H,4H2,1-3H3/b17-12+. The summed E-state index contributed by atoms with van der Waals surface area (Å²) >= 11 is 0. The maximum atomic E-state index is 12.1. The zero-order valence-corrected chi connectivity index (χ0v) is 14.0. The molecule has 0 saturated carbocycles. The molecule has 2 aromatic rings. The largest absolute Gasteiger partial charge is 0.496 e. The molecule has 0 fully saturated rings. The van der Waals surface area contributed by atoms with E-state index in [9.17, 15) is 4.79 Å². The van der Waals surface area contributed by atoms with Crippen LogP contribution in [-0.2, 0) is 16.0 Å². The first kappa shape index (κ1) is 16.0. The van der Waals surface area contributed by atoms with Crippen LogP contribution >= 0.6 is 0 Å². The molecule has 1 aliphatic heterocycles. The fourth-order valence-electron chi connectivity index (χ4n) is 2.63. The molecule has 0 spiro atoms. The van der Waals surface area contributed by atoms with Crippen LogP contribution in [0.1, 0.15) is 29.2 Å². The summed E-state index contributed by atoms with van der Waals surface area (Å²) in [5.41, 5.74) is 4.18. The number of hydrogen-bond acceptors (Lipinski definition) is 4. The highest BCUT2D eigenvalue weighted by molar-refractivity contribution is 6.12. The molecule has 0 N–H and O–H groups in total. The van der Waals surface area contributed by atoms with Crippen molar-refractivity contribution in [2.75, 3.05) is 7.11 Å². The van der Waals surface area contributed by atoms with Gasteiger partial charge in [0.25, 0.3) is 0 Å². The second-order valence-electron chi connectivity index (χ2n) is 5.63. The summed E-state index contributed by atoms with van der Waals surface area (Å²) in [7, 11) is 1.65. The van der Waals surface area contributed by atoms with Crippen molar-refractivity contribution >= 4 is 17.9 Å². The Morgan fingerprint density at radius 1 is 1.21 bits per heavy atom. The van der Waals surface area contributed by atoms with Gasteiger partial charge in [-0.05, 0) is 54.8 Å². The van der Waals surface area contributed by atoms with Gasteiger partial charge in [0.2, 0.25) is 5.90 Å². The van der Waals surface area contributed by atoms with E-state index in [1.165, 1.54) is 0 Å². The fourth-order valence-corrected chi connectivity index (χ4v) is 2.63. The van der Waals surface area contributed by atoms with Crippen molar-refractivity contribution in [1.82, 2.24) is 0 Å². The summed E-state index contributed by atoms with van der Waals surface area (Å²) < 4.78 is 10.6. The maximum absolute atomic E-state index is 12.1. The Bertz CT molecular complexity index is 850. The van der Waals surface area contributed by atoms with Gasteiger partial charge in [-0.2, -0.15) is 0 Å². The first-order valence-electron chi connectivity index (χ1n) is 7.87. The van der Waals surface area contributed by atoms with E-state index < -0.39 is 5.97 Å². The third kappa shape index (κ3) is 3.23. The predicted molar refractivity (Wildman–Crippen MR) is 94.2 cm³/mol. The molecule has 0 aliphatic carbocycles. The van der Waals surface area contributed by atoms with E-state index in [2.05, 4.69) is 11.9 Å². The monoisotopic (exact) mass is 321 g/mol. The highest BCUT2D eigenvalue weighted by Gasteiger charge is 2.24. The lowest BCUT2D eigenvalue weighted by molar-refractivity contribution is -0.129. The number of esters is 1. The van der Waals surface area contributed by atoms with Crippen molar-refractivity contribution < 1.29 is 14.3 Å². The van der Waals surface area contributed by atoms with Gasteiger partial charge in [0, 0.05) is 5.56 Å². The van der Waals surface area contributed by atoms with Crippen LogP contribution in [0.4, 0.5) is 0 Å². The van der Waals surface area contributed by atoms with Crippen LogP contribution in [0.15, 0.2) is 53.2 Å². The summed E-state index contributed by atoms with van der Waals surface area (Å²) in [5, 5.41) is 0. The molecule has 0 aromatic heterocycles. The number of carbonyl (C=O) groups excluding carboxylic acids is 1. The molecular weight excluding hydrogens is 302 g/mol. The van der Waals surface area contributed by atoms with Crippen molar-refractivity contribution in [3.05, 3.63) is 70.4 Å². The van der Waals surface area contributed by atoms with Crippen molar-refractivity contribution in [2.24, 2.45) is 4.99 Å². The number of cyclic esters (lactones) is 1. The Balaban J connectivity index is 1.94. The van der Waals surface area contributed by atoms with Crippen LogP contribution < -0.4 is 4.74 Å². The molecule has 1 aliphatic rings. The van der Waals surface area contributed by atoms with E-state index in [4.69, 9.17) is 9.47 Å². The van der Waals surface area contributed by atoms with Gasteiger partial charge in [0.05, 0.1) is 7.11 Å². The van der Waals surface area contributed by atoms with Crippen LogP contribution in [0.5, 0.6) is 5.75 Å². The Morgan fingerprint density at radius 2 is 2.04 bits per heavy atom. The highest BCUT2D eigenvalue weighted by atomic mass is 16.6. The second kappa shape index (κ2) is 6.71. The average molecular weight is 321 g/mol. The van der Waals surface area contributed by atoms with Gasteiger partial charge < -0.3 is 9.47 Å². The van der Waals surface area contributed by atoms with E-state index in [0.717, 1.165) is 34.4 Å². The van der Waals surface area contributed by atoms with Gasteiger partial charge >= 0.3 is 5.97 Å². The van der Waals surface area contributed by atoms with E-state index in [1.807, 2.05) is 49.4 Å². The zero-order valence-electron chi connectivity index (χ0n) is 14.0. The molecule has 0 atom stereocenters. The van der Waals surface area contributed by atoms with Gasteiger partial charge in [0.1, 0.15) is 5.75 Å². The molecule has 0 saturated heterocycles. The number of rotatable bonds is 4. The molecule has 2 aromatic carbocycles. The lowest BCUT2D eigenvalue weighted by atomic mass is 10.1. The van der Waals surface area contributed by atoms with Crippen molar-refractivity contribution in [1.29, 1.82) is 0 Å². The minimum Gasteiger partial charge on any atom is -0.496 e. The van der Waals surface area contributed by atoms with Crippen LogP contribution in [0.25, 0.3) is 6.08 Å². The molecular formula is C20H19NO3. The zero-order chi connectivity index (χ0) is 17.1.